The predicted octanol–water partition coefficient (Wildman–Crippen LogP) is 0.0966. The van der Waals surface area contributed by atoms with Gasteiger partial charge in [-0.1, -0.05) is 0 Å². The maximum absolute atomic E-state index is 13.5. The first kappa shape index (κ1) is 16.2. The van der Waals surface area contributed by atoms with Crippen LogP contribution in [0.5, 0.6) is 0 Å². The summed E-state index contributed by atoms with van der Waals surface area (Å²) in [6.07, 6.45) is 0.677. The number of halogens is 1. The molecule has 1 fully saturated rings. The van der Waals surface area contributed by atoms with E-state index in [0.29, 0.717) is 32.6 Å². The molecule has 3 N–H and O–H groups in total. The quantitative estimate of drug-likeness (QED) is 0.769. The van der Waals surface area contributed by atoms with Crippen LogP contribution in [0.1, 0.15) is 6.42 Å². The number of hydrogen-bond donors (Lipinski definition) is 2. The summed E-state index contributed by atoms with van der Waals surface area (Å²) >= 11 is 0. The molecule has 8 heteroatoms. The lowest BCUT2D eigenvalue weighted by Crippen LogP contribution is -2.36. The highest BCUT2D eigenvalue weighted by Gasteiger charge is 2.27. The average Bonchev–Trinajstić information content (AvgIpc) is 2.68. The fraction of sp³-hybridized carbons (Fsp3) is 0.538. The number of sulfonamides is 1. The summed E-state index contributed by atoms with van der Waals surface area (Å²) in [5, 5.41) is 8.94. The van der Waals surface area contributed by atoms with Gasteiger partial charge >= 0.3 is 0 Å². The Kier molecular flexibility index (Phi) is 5.15. The zero-order chi connectivity index (χ0) is 15.5. The van der Waals surface area contributed by atoms with Crippen LogP contribution in [0.2, 0.25) is 0 Å². The Morgan fingerprint density at radius 2 is 2.00 bits per heavy atom. The van der Waals surface area contributed by atoms with Gasteiger partial charge in [0.2, 0.25) is 10.0 Å². The number of hydrogen-bond acceptors (Lipinski definition) is 5. The van der Waals surface area contributed by atoms with Gasteiger partial charge in [-0.15, -0.1) is 0 Å². The normalized spacial score (nSPS) is 18.6. The first-order valence-corrected chi connectivity index (χ1v) is 8.27. The average molecular weight is 317 g/mol. The Morgan fingerprint density at radius 3 is 2.67 bits per heavy atom. The highest BCUT2D eigenvalue weighted by atomic mass is 32.2. The van der Waals surface area contributed by atoms with Gasteiger partial charge in [0, 0.05) is 26.2 Å². The van der Waals surface area contributed by atoms with E-state index < -0.39 is 15.8 Å². The molecule has 0 aliphatic carbocycles. The highest BCUT2D eigenvalue weighted by molar-refractivity contribution is 7.89. The number of nitrogen functional groups attached to an aromatic ring is 1. The number of anilines is 1. The molecule has 1 saturated heterocycles. The summed E-state index contributed by atoms with van der Waals surface area (Å²) in [6, 6.07) is 3.54. The van der Waals surface area contributed by atoms with Crippen LogP contribution in [-0.4, -0.2) is 62.1 Å². The number of benzene rings is 1. The van der Waals surface area contributed by atoms with Gasteiger partial charge in [-0.25, -0.2) is 12.8 Å². The zero-order valence-corrected chi connectivity index (χ0v) is 12.5. The van der Waals surface area contributed by atoms with Gasteiger partial charge in [-0.2, -0.15) is 4.31 Å². The molecule has 1 aliphatic heterocycles. The Labute approximate surface area is 124 Å². The van der Waals surface area contributed by atoms with Crippen LogP contribution in [0.25, 0.3) is 0 Å². The van der Waals surface area contributed by atoms with Gasteiger partial charge < -0.3 is 10.8 Å². The number of aliphatic hydroxyl groups excluding tert-OH is 1. The minimum Gasteiger partial charge on any atom is -0.396 e. The molecule has 21 heavy (non-hydrogen) atoms. The lowest BCUT2D eigenvalue weighted by atomic mass is 10.3. The van der Waals surface area contributed by atoms with Crippen molar-refractivity contribution in [2.75, 3.05) is 45.1 Å². The standard InChI is InChI=1S/C13H20FN3O3S/c14-12-10-11(2-3-13(12)15)21(19,20)17-5-1-4-16(6-7-17)8-9-18/h2-3,10,18H,1,4-9,15H2. The second-order valence-electron chi connectivity index (χ2n) is 5.01. The molecule has 1 aromatic rings. The van der Waals surface area contributed by atoms with Gasteiger partial charge in [0.05, 0.1) is 17.2 Å². The fourth-order valence-electron chi connectivity index (χ4n) is 2.37. The number of aliphatic hydroxyl groups is 1. The molecule has 0 atom stereocenters. The van der Waals surface area contributed by atoms with Crippen LogP contribution in [0.15, 0.2) is 23.1 Å². The van der Waals surface area contributed by atoms with E-state index in [-0.39, 0.29) is 17.2 Å². The summed E-state index contributed by atoms with van der Waals surface area (Å²) in [6.45, 7) is 2.59. The molecule has 1 aromatic carbocycles. The van der Waals surface area contributed by atoms with Crippen LogP contribution in [0, 0.1) is 5.82 Å². The van der Waals surface area contributed by atoms with Gasteiger partial charge in [-0.3, -0.25) is 4.90 Å². The Morgan fingerprint density at radius 1 is 1.24 bits per heavy atom. The summed E-state index contributed by atoms with van der Waals surface area (Å²) in [5.41, 5.74) is 5.30. The second kappa shape index (κ2) is 6.69. The molecule has 0 radical (unpaired) electrons. The molecular formula is C13H20FN3O3S. The first-order chi connectivity index (χ1) is 9.95. The summed E-state index contributed by atoms with van der Waals surface area (Å²) in [7, 11) is -3.71. The van der Waals surface area contributed by atoms with Crippen LogP contribution in [0.4, 0.5) is 10.1 Å². The van der Waals surface area contributed by atoms with E-state index in [9.17, 15) is 12.8 Å². The fourth-order valence-corrected chi connectivity index (χ4v) is 3.85. The Bertz CT molecular complexity index is 594. The third-order valence-electron chi connectivity index (χ3n) is 3.57. The van der Waals surface area contributed by atoms with E-state index in [1.165, 1.54) is 16.4 Å². The van der Waals surface area contributed by atoms with E-state index in [2.05, 4.69) is 0 Å². The molecule has 0 unspecified atom stereocenters. The van der Waals surface area contributed by atoms with Crippen LogP contribution >= 0.6 is 0 Å². The third kappa shape index (κ3) is 3.70. The number of nitrogens with zero attached hydrogens (tertiary/aromatic N) is 2. The second-order valence-corrected chi connectivity index (χ2v) is 6.94. The van der Waals surface area contributed by atoms with E-state index in [0.717, 1.165) is 12.6 Å². The van der Waals surface area contributed by atoms with Crippen molar-refractivity contribution in [3.63, 3.8) is 0 Å². The summed E-state index contributed by atoms with van der Waals surface area (Å²) in [5.74, 6) is -0.729. The molecule has 118 valence electrons. The minimum absolute atomic E-state index is 0.0515. The highest BCUT2D eigenvalue weighted by Crippen LogP contribution is 2.21. The largest absolute Gasteiger partial charge is 0.396 e. The first-order valence-electron chi connectivity index (χ1n) is 6.83. The van der Waals surface area contributed by atoms with Crippen LogP contribution in [-0.2, 0) is 10.0 Å². The van der Waals surface area contributed by atoms with Crippen molar-refractivity contribution in [2.45, 2.75) is 11.3 Å². The van der Waals surface area contributed by atoms with E-state index in [4.69, 9.17) is 10.8 Å². The van der Waals surface area contributed by atoms with E-state index in [1.54, 1.807) is 0 Å². The molecule has 0 saturated carbocycles. The zero-order valence-electron chi connectivity index (χ0n) is 11.7. The molecule has 0 bridgehead atoms. The monoisotopic (exact) mass is 317 g/mol. The molecule has 2 rings (SSSR count). The lowest BCUT2D eigenvalue weighted by molar-refractivity contribution is 0.202. The molecule has 0 spiro atoms. The molecule has 1 heterocycles. The number of β-amino-alcohol motifs (C(OH)–C–C–N with tert-alkyl or cyclic N) is 1. The van der Waals surface area contributed by atoms with Crippen LogP contribution in [0.3, 0.4) is 0 Å². The van der Waals surface area contributed by atoms with Crippen molar-refractivity contribution < 1.29 is 17.9 Å². The Balaban J connectivity index is 2.17. The smallest absolute Gasteiger partial charge is 0.243 e. The van der Waals surface area contributed by atoms with Gasteiger partial charge in [0.1, 0.15) is 5.82 Å². The van der Waals surface area contributed by atoms with Crippen LogP contribution < -0.4 is 5.73 Å². The maximum Gasteiger partial charge on any atom is 0.243 e. The summed E-state index contributed by atoms with van der Waals surface area (Å²) in [4.78, 5) is 1.93. The Hall–Kier alpha value is -1.22. The van der Waals surface area contributed by atoms with Crippen molar-refractivity contribution in [1.29, 1.82) is 0 Å². The molecule has 6 nitrogen and oxygen atoms in total. The topological polar surface area (TPSA) is 86.9 Å². The van der Waals surface area contributed by atoms with Crippen molar-refractivity contribution in [3.8, 4) is 0 Å². The van der Waals surface area contributed by atoms with E-state index in [1.807, 2.05) is 4.90 Å². The lowest BCUT2D eigenvalue weighted by Gasteiger charge is -2.21. The van der Waals surface area contributed by atoms with Gasteiger partial charge in [0.25, 0.3) is 0 Å². The van der Waals surface area contributed by atoms with Gasteiger partial charge in [0.15, 0.2) is 0 Å². The molecule has 1 aliphatic rings. The van der Waals surface area contributed by atoms with Gasteiger partial charge in [-0.05, 0) is 31.2 Å². The SMILES string of the molecule is Nc1ccc(S(=O)(=O)N2CCCN(CCO)CC2)cc1F. The van der Waals surface area contributed by atoms with Crippen molar-refractivity contribution >= 4 is 15.7 Å². The predicted molar refractivity (Wildman–Crippen MR) is 77.7 cm³/mol. The number of rotatable bonds is 4. The van der Waals surface area contributed by atoms with E-state index >= 15 is 0 Å². The minimum atomic E-state index is -3.71. The molecular weight excluding hydrogens is 297 g/mol. The summed E-state index contributed by atoms with van der Waals surface area (Å²) < 4.78 is 39.9. The maximum atomic E-state index is 13.5. The molecule has 0 amide bonds. The molecule has 0 aromatic heterocycles. The third-order valence-corrected chi connectivity index (χ3v) is 5.47. The van der Waals surface area contributed by atoms with Crippen molar-refractivity contribution in [1.82, 2.24) is 9.21 Å². The van der Waals surface area contributed by atoms with Crippen molar-refractivity contribution in [3.05, 3.63) is 24.0 Å². The number of nitrogens with two attached hydrogens (primary N) is 1. The van der Waals surface area contributed by atoms with Crippen molar-refractivity contribution in [2.24, 2.45) is 0 Å².